The van der Waals surface area contributed by atoms with E-state index in [1.165, 1.54) is 0 Å². The van der Waals surface area contributed by atoms with E-state index in [0.29, 0.717) is 29.9 Å². The van der Waals surface area contributed by atoms with Crippen molar-refractivity contribution < 1.29 is 9.59 Å². The first-order valence-corrected chi connectivity index (χ1v) is 9.76. The first-order valence-electron chi connectivity index (χ1n) is 9.76. The minimum atomic E-state index is -0.0534. The number of fused-ring (bicyclic) bond motifs is 2. The number of carbonyl (C=O) groups excluding carboxylic acids is 2. The topological polar surface area (TPSA) is 66.7 Å². The van der Waals surface area contributed by atoms with Gasteiger partial charge in [0.05, 0.1) is 5.56 Å². The van der Waals surface area contributed by atoms with Gasteiger partial charge in [-0.3, -0.25) is 9.59 Å². The Morgan fingerprint density at radius 1 is 1.04 bits per heavy atom. The van der Waals surface area contributed by atoms with Gasteiger partial charge in [-0.2, -0.15) is 0 Å². The van der Waals surface area contributed by atoms with Crippen molar-refractivity contribution in [3.8, 4) is 0 Å². The van der Waals surface area contributed by atoms with Gasteiger partial charge in [-0.05, 0) is 48.4 Å². The van der Waals surface area contributed by atoms with E-state index in [1.807, 2.05) is 51.9 Å². The van der Waals surface area contributed by atoms with E-state index < -0.39 is 0 Å². The van der Waals surface area contributed by atoms with E-state index in [4.69, 9.17) is 0 Å². The molecule has 142 valence electrons. The van der Waals surface area contributed by atoms with Crippen LogP contribution in [-0.2, 0) is 0 Å². The molecule has 2 aliphatic rings. The van der Waals surface area contributed by atoms with Crippen molar-refractivity contribution in [2.24, 2.45) is 17.8 Å². The van der Waals surface area contributed by atoms with Crippen LogP contribution in [-0.4, -0.2) is 45.7 Å². The molecule has 0 bridgehead atoms. The zero-order chi connectivity index (χ0) is 19.1. The lowest BCUT2D eigenvalue weighted by atomic mass is 10.1. The van der Waals surface area contributed by atoms with Gasteiger partial charge in [0.15, 0.2) is 0 Å². The van der Waals surface area contributed by atoms with Crippen LogP contribution in [0.4, 0.5) is 0 Å². The molecule has 5 rings (SSSR count). The third-order valence-electron chi connectivity index (χ3n) is 6.09. The average molecular weight is 374 g/mol. The number of benzene rings is 1. The molecule has 0 radical (unpaired) electrons. The molecule has 0 spiro atoms. The number of amides is 2. The molecule has 3 heterocycles. The number of piperidine rings is 1. The van der Waals surface area contributed by atoms with Crippen molar-refractivity contribution in [3.63, 3.8) is 0 Å². The standard InChI is InChI=1S/C22H22N4O2/c27-21(16-6-7-20-23-10-11-25(20)12-16)24-9-8-17-18-13-26(14-19(17)18)22(28)15-4-2-1-3-5-15/h1-7,10-12,17-19H,8-9,13-14H2,(H,24,27)/t17-,18-,19+. The molecular formula is C22H22N4O2. The largest absolute Gasteiger partial charge is 0.352 e. The third kappa shape index (κ3) is 3.05. The van der Waals surface area contributed by atoms with Gasteiger partial charge in [0.2, 0.25) is 0 Å². The van der Waals surface area contributed by atoms with E-state index in [-0.39, 0.29) is 11.8 Å². The summed E-state index contributed by atoms with van der Waals surface area (Å²) < 4.78 is 1.85. The Kier molecular flexibility index (Phi) is 4.11. The summed E-state index contributed by atoms with van der Waals surface area (Å²) in [7, 11) is 0. The zero-order valence-corrected chi connectivity index (χ0v) is 15.5. The lowest BCUT2D eigenvalue weighted by Gasteiger charge is -2.20. The maximum atomic E-state index is 12.5. The molecule has 6 heteroatoms. The molecular weight excluding hydrogens is 352 g/mol. The molecule has 1 saturated carbocycles. The van der Waals surface area contributed by atoms with E-state index in [9.17, 15) is 9.59 Å². The van der Waals surface area contributed by atoms with Gasteiger partial charge in [0, 0.05) is 43.8 Å². The Bertz CT molecular complexity index is 1020. The van der Waals surface area contributed by atoms with Crippen molar-refractivity contribution in [1.82, 2.24) is 19.6 Å². The number of aromatic nitrogens is 2. The van der Waals surface area contributed by atoms with Crippen molar-refractivity contribution in [2.75, 3.05) is 19.6 Å². The highest BCUT2D eigenvalue weighted by Gasteiger charge is 2.55. The quantitative estimate of drug-likeness (QED) is 0.746. The summed E-state index contributed by atoms with van der Waals surface area (Å²) >= 11 is 0. The Morgan fingerprint density at radius 2 is 1.82 bits per heavy atom. The summed E-state index contributed by atoms with van der Waals surface area (Å²) in [5.74, 6) is 1.88. The number of nitrogens with one attached hydrogen (secondary N) is 1. The van der Waals surface area contributed by atoms with Crippen LogP contribution in [0.25, 0.3) is 5.65 Å². The van der Waals surface area contributed by atoms with Crippen LogP contribution in [0.1, 0.15) is 27.1 Å². The summed E-state index contributed by atoms with van der Waals surface area (Å²) in [6.45, 7) is 2.35. The van der Waals surface area contributed by atoms with Gasteiger partial charge in [-0.15, -0.1) is 0 Å². The van der Waals surface area contributed by atoms with Crippen LogP contribution in [0, 0.1) is 17.8 Å². The van der Waals surface area contributed by atoms with Crippen LogP contribution in [0.3, 0.4) is 0 Å². The monoisotopic (exact) mass is 374 g/mol. The second kappa shape index (κ2) is 6.78. The van der Waals surface area contributed by atoms with E-state index in [0.717, 1.165) is 30.7 Å². The lowest BCUT2D eigenvalue weighted by Crippen LogP contribution is -2.32. The minimum Gasteiger partial charge on any atom is -0.352 e. The Balaban J connectivity index is 1.09. The van der Waals surface area contributed by atoms with Crippen molar-refractivity contribution in [3.05, 3.63) is 72.2 Å². The van der Waals surface area contributed by atoms with Crippen molar-refractivity contribution in [1.29, 1.82) is 0 Å². The molecule has 1 aromatic carbocycles. The Hall–Kier alpha value is -3.15. The summed E-state index contributed by atoms with van der Waals surface area (Å²) in [6, 6.07) is 13.1. The molecule has 3 aromatic rings. The third-order valence-corrected chi connectivity index (χ3v) is 6.09. The molecule has 1 N–H and O–H groups in total. The molecule has 2 amide bonds. The van der Waals surface area contributed by atoms with Crippen LogP contribution >= 0.6 is 0 Å². The second-order valence-electron chi connectivity index (χ2n) is 7.72. The number of imidazole rings is 1. The van der Waals surface area contributed by atoms with E-state index in [2.05, 4.69) is 10.3 Å². The SMILES string of the molecule is O=C(NCC[C@@H]1[C@H]2CN(C(=O)c3ccccc3)C[C@@H]12)c1ccc2nccn2c1. The van der Waals surface area contributed by atoms with Gasteiger partial charge < -0.3 is 14.6 Å². The summed E-state index contributed by atoms with van der Waals surface area (Å²) in [5, 5.41) is 3.02. The lowest BCUT2D eigenvalue weighted by molar-refractivity contribution is 0.0767. The number of rotatable bonds is 5. The van der Waals surface area contributed by atoms with E-state index >= 15 is 0 Å². The Morgan fingerprint density at radius 3 is 2.61 bits per heavy atom. The number of nitrogens with zero attached hydrogens (tertiary/aromatic N) is 3. The number of pyridine rings is 1. The normalized spacial score (nSPS) is 22.9. The van der Waals surface area contributed by atoms with Gasteiger partial charge in [-0.1, -0.05) is 18.2 Å². The van der Waals surface area contributed by atoms with E-state index in [1.54, 1.807) is 18.5 Å². The number of hydrogen-bond acceptors (Lipinski definition) is 3. The highest BCUT2D eigenvalue weighted by molar-refractivity contribution is 5.95. The maximum Gasteiger partial charge on any atom is 0.253 e. The number of hydrogen-bond donors (Lipinski definition) is 1. The summed E-state index contributed by atoms with van der Waals surface area (Å²) in [6.07, 6.45) is 6.33. The molecule has 2 fully saturated rings. The summed E-state index contributed by atoms with van der Waals surface area (Å²) in [4.78, 5) is 31.0. The van der Waals surface area contributed by atoms with Gasteiger partial charge in [0.25, 0.3) is 11.8 Å². The molecule has 3 atom stereocenters. The first kappa shape index (κ1) is 17.0. The van der Waals surface area contributed by atoms with Crippen LogP contribution in [0.5, 0.6) is 0 Å². The molecule has 28 heavy (non-hydrogen) atoms. The highest BCUT2D eigenvalue weighted by atomic mass is 16.2. The van der Waals surface area contributed by atoms with Crippen LogP contribution in [0.2, 0.25) is 0 Å². The fraction of sp³-hybridized carbons (Fsp3) is 0.318. The predicted octanol–water partition coefficient (Wildman–Crippen LogP) is 2.47. The smallest absolute Gasteiger partial charge is 0.253 e. The van der Waals surface area contributed by atoms with Gasteiger partial charge in [0.1, 0.15) is 5.65 Å². The minimum absolute atomic E-state index is 0.0534. The second-order valence-corrected chi connectivity index (χ2v) is 7.72. The molecule has 1 saturated heterocycles. The average Bonchev–Trinajstić information content (AvgIpc) is 3.10. The summed E-state index contributed by atoms with van der Waals surface area (Å²) in [5.41, 5.74) is 2.24. The number of carbonyl (C=O) groups is 2. The van der Waals surface area contributed by atoms with Crippen LogP contribution in [0.15, 0.2) is 61.1 Å². The van der Waals surface area contributed by atoms with Crippen molar-refractivity contribution >= 4 is 17.5 Å². The molecule has 6 nitrogen and oxygen atoms in total. The Labute approximate surface area is 163 Å². The van der Waals surface area contributed by atoms with Crippen LogP contribution < -0.4 is 5.32 Å². The fourth-order valence-electron chi connectivity index (χ4n) is 4.52. The maximum absolute atomic E-state index is 12.5. The fourth-order valence-corrected chi connectivity index (χ4v) is 4.52. The van der Waals surface area contributed by atoms with Gasteiger partial charge in [-0.25, -0.2) is 4.98 Å². The molecule has 1 aliphatic heterocycles. The first-order chi connectivity index (χ1) is 13.7. The molecule has 0 unspecified atom stereocenters. The van der Waals surface area contributed by atoms with Crippen molar-refractivity contribution in [2.45, 2.75) is 6.42 Å². The highest BCUT2D eigenvalue weighted by Crippen LogP contribution is 2.53. The zero-order valence-electron chi connectivity index (χ0n) is 15.5. The van der Waals surface area contributed by atoms with Gasteiger partial charge >= 0.3 is 0 Å². The molecule has 1 aliphatic carbocycles. The number of likely N-dealkylation sites (tertiary alicyclic amines) is 1. The predicted molar refractivity (Wildman–Crippen MR) is 105 cm³/mol. The molecule has 2 aromatic heterocycles.